The second kappa shape index (κ2) is 4.53. The van der Waals surface area contributed by atoms with Crippen LogP contribution in [0, 0.1) is 5.92 Å². The van der Waals surface area contributed by atoms with Crippen molar-refractivity contribution in [1.29, 1.82) is 0 Å². The summed E-state index contributed by atoms with van der Waals surface area (Å²) in [5.74, 6) is 1.64. The van der Waals surface area contributed by atoms with E-state index in [4.69, 9.17) is 10.5 Å². The first-order valence-electron chi connectivity index (χ1n) is 6.80. The van der Waals surface area contributed by atoms with Gasteiger partial charge >= 0.3 is 0 Å². The first-order chi connectivity index (χ1) is 9.10. The first-order valence-corrected chi connectivity index (χ1v) is 6.80. The molecule has 3 rings (SSSR count). The van der Waals surface area contributed by atoms with Gasteiger partial charge < -0.3 is 15.4 Å². The molecule has 4 heteroatoms. The summed E-state index contributed by atoms with van der Waals surface area (Å²) in [4.78, 5) is 14.0. The summed E-state index contributed by atoms with van der Waals surface area (Å²) in [6.07, 6.45) is 2.92. The van der Waals surface area contributed by atoms with Crippen molar-refractivity contribution in [2.24, 2.45) is 11.7 Å². The minimum atomic E-state index is -0.0877. The molecule has 2 N–H and O–H groups in total. The number of methoxy groups -OCH3 is 1. The van der Waals surface area contributed by atoms with Crippen LogP contribution in [0.15, 0.2) is 24.3 Å². The van der Waals surface area contributed by atoms with Crippen LogP contribution in [0.3, 0.4) is 0 Å². The van der Waals surface area contributed by atoms with E-state index in [1.807, 2.05) is 29.2 Å². The number of carbonyl (C=O) groups excluding carboxylic acids is 1. The van der Waals surface area contributed by atoms with Crippen molar-refractivity contribution in [1.82, 2.24) is 4.90 Å². The van der Waals surface area contributed by atoms with Crippen LogP contribution in [-0.2, 0) is 11.2 Å². The maximum atomic E-state index is 12.1. The summed E-state index contributed by atoms with van der Waals surface area (Å²) >= 11 is 0. The summed E-state index contributed by atoms with van der Waals surface area (Å²) in [6.45, 7) is 1.46. The summed E-state index contributed by atoms with van der Waals surface area (Å²) in [7, 11) is 1.64. The molecule has 4 nitrogen and oxygen atoms in total. The Bertz CT molecular complexity index is 473. The molecule has 1 saturated carbocycles. The molecule has 0 atom stereocenters. The second-order valence-corrected chi connectivity index (χ2v) is 5.78. The Hall–Kier alpha value is -1.55. The molecule has 1 aromatic rings. The average molecular weight is 260 g/mol. The normalized spacial score (nSPS) is 20.8. The molecule has 0 unspecified atom stereocenters. The molecule has 1 saturated heterocycles. The smallest absolute Gasteiger partial charge is 0.227 e. The topological polar surface area (TPSA) is 55.6 Å². The maximum Gasteiger partial charge on any atom is 0.227 e. The Morgan fingerprint density at radius 1 is 1.37 bits per heavy atom. The summed E-state index contributed by atoms with van der Waals surface area (Å²) in [6, 6.07) is 7.65. The van der Waals surface area contributed by atoms with Gasteiger partial charge in [0.15, 0.2) is 0 Å². The van der Waals surface area contributed by atoms with Crippen molar-refractivity contribution < 1.29 is 9.53 Å². The number of hydrogen-bond acceptors (Lipinski definition) is 3. The minimum absolute atomic E-state index is 0.0877. The highest BCUT2D eigenvalue weighted by Crippen LogP contribution is 2.43. The molecule has 2 fully saturated rings. The van der Waals surface area contributed by atoms with Gasteiger partial charge in [0.05, 0.1) is 19.1 Å². The van der Waals surface area contributed by atoms with Crippen LogP contribution < -0.4 is 10.5 Å². The summed E-state index contributed by atoms with van der Waals surface area (Å²) < 4.78 is 5.10. The van der Waals surface area contributed by atoms with Crippen molar-refractivity contribution in [2.75, 3.05) is 20.2 Å². The van der Waals surface area contributed by atoms with E-state index < -0.39 is 0 Å². The largest absolute Gasteiger partial charge is 0.497 e. The van der Waals surface area contributed by atoms with E-state index >= 15 is 0 Å². The molecule has 1 heterocycles. The Balaban J connectivity index is 1.54. The van der Waals surface area contributed by atoms with Gasteiger partial charge in [-0.1, -0.05) is 12.1 Å². The number of nitrogens with two attached hydrogens (primary N) is 1. The molecule has 0 aromatic heterocycles. The number of benzene rings is 1. The Kier molecular flexibility index (Phi) is 2.97. The number of carbonyl (C=O) groups is 1. The third-order valence-corrected chi connectivity index (χ3v) is 4.23. The lowest BCUT2D eigenvalue weighted by Gasteiger charge is -2.48. The fourth-order valence-electron chi connectivity index (χ4n) is 2.79. The van der Waals surface area contributed by atoms with Gasteiger partial charge in [0.25, 0.3) is 0 Å². The number of likely N-dealkylation sites (tertiary alicyclic amines) is 1. The predicted octanol–water partition coefficient (Wildman–Crippen LogP) is 1.19. The molecule has 0 spiro atoms. The van der Waals surface area contributed by atoms with E-state index in [0.29, 0.717) is 12.3 Å². The van der Waals surface area contributed by atoms with E-state index in [1.165, 1.54) is 12.8 Å². The molecule has 1 aliphatic carbocycles. The maximum absolute atomic E-state index is 12.1. The van der Waals surface area contributed by atoms with Crippen LogP contribution in [0.2, 0.25) is 0 Å². The Labute approximate surface area is 113 Å². The van der Waals surface area contributed by atoms with Crippen LogP contribution in [-0.4, -0.2) is 36.5 Å². The molecular formula is C15H20N2O2. The highest BCUT2D eigenvalue weighted by molar-refractivity contribution is 5.80. The number of ether oxygens (including phenoxy) is 1. The standard InChI is InChI=1S/C15H20N2O2/c1-19-13-6-2-11(3-7-13)8-14(18)17-9-15(16,10-17)12-4-5-12/h2-3,6-7,12H,4-5,8-10,16H2,1H3. The molecular weight excluding hydrogens is 240 g/mol. The van der Waals surface area contributed by atoms with Crippen LogP contribution in [0.1, 0.15) is 18.4 Å². The number of amides is 1. The van der Waals surface area contributed by atoms with E-state index in [1.54, 1.807) is 7.11 Å². The molecule has 102 valence electrons. The number of rotatable bonds is 4. The second-order valence-electron chi connectivity index (χ2n) is 5.78. The molecule has 1 aliphatic heterocycles. The zero-order chi connectivity index (χ0) is 13.5. The molecule has 2 aliphatic rings. The lowest BCUT2D eigenvalue weighted by atomic mass is 9.85. The van der Waals surface area contributed by atoms with Gasteiger partial charge in [-0.25, -0.2) is 0 Å². The van der Waals surface area contributed by atoms with E-state index in [0.717, 1.165) is 24.4 Å². The number of hydrogen-bond donors (Lipinski definition) is 1. The fraction of sp³-hybridized carbons (Fsp3) is 0.533. The molecule has 1 amide bonds. The average Bonchev–Trinajstić information content (AvgIpc) is 3.20. The molecule has 0 bridgehead atoms. The van der Waals surface area contributed by atoms with Crippen molar-refractivity contribution in [2.45, 2.75) is 24.8 Å². The van der Waals surface area contributed by atoms with Crippen molar-refractivity contribution in [3.8, 4) is 5.75 Å². The third-order valence-electron chi connectivity index (χ3n) is 4.23. The first kappa shape index (κ1) is 12.5. The van der Waals surface area contributed by atoms with Gasteiger partial charge in [-0.15, -0.1) is 0 Å². The quantitative estimate of drug-likeness (QED) is 0.884. The lowest BCUT2D eigenvalue weighted by Crippen LogP contribution is -2.70. The minimum Gasteiger partial charge on any atom is -0.497 e. The summed E-state index contributed by atoms with van der Waals surface area (Å²) in [5, 5.41) is 0. The zero-order valence-electron chi connectivity index (χ0n) is 11.3. The van der Waals surface area contributed by atoms with Gasteiger partial charge in [-0.2, -0.15) is 0 Å². The highest BCUT2D eigenvalue weighted by Gasteiger charge is 2.51. The van der Waals surface area contributed by atoms with Crippen molar-refractivity contribution >= 4 is 5.91 Å². The monoisotopic (exact) mass is 260 g/mol. The SMILES string of the molecule is COc1ccc(CC(=O)N2CC(N)(C3CC3)C2)cc1. The van der Waals surface area contributed by atoms with Gasteiger partial charge in [-0.05, 0) is 36.5 Å². The van der Waals surface area contributed by atoms with Crippen LogP contribution in [0.25, 0.3) is 0 Å². The van der Waals surface area contributed by atoms with Crippen LogP contribution in [0.5, 0.6) is 5.75 Å². The van der Waals surface area contributed by atoms with Crippen molar-refractivity contribution in [3.05, 3.63) is 29.8 Å². The van der Waals surface area contributed by atoms with E-state index in [9.17, 15) is 4.79 Å². The van der Waals surface area contributed by atoms with Crippen LogP contribution in [0.4, 0.5) is 0 Å². The van der Waals surface area contributed by atoms with Gasteiger partial charge in [-0.3, -0.25) is 4.79 Å². The molecule has 1 aromatic carbocycles. The number of nitrogens with zero attached hydrogens (tertiary/aromatic N) is 1. The Morgan fingerprint density at radius 2 is 2.00 bits per heavy atom. The van der Waals surface area contributed by atoms with E-state index in [-0.39, 0.29) is 11.4 Å². The van der Waals surface area contributed by atoms with Crippen molar-refractivity contribution in [3.63, 3.8) is 0 Å². The highest BCUT2D eigenvalue weighted by atomic mass is 16.5. The Morgan fingerprint density at radius 3 is 2.53 bits per heavy atom. The lowest BCUT2D eigenvalue weighted by molar-refractivity contribution is -0.138. The van der Waals surface area contributed by atoms with Gasteiger partial charge in [0.2, 0.25) is 5.91 Å². The predicted molar refractivity (Wildman–Crippen MR) is 72.9 cm³/mol. The van der Waals surface area contributed by atoms with E-state index in [2.05, 4.69) is 0 Å². The summed E-state index contributed by atoms with van der Waals surface area (Å²) in [5.41, 5.74) is 7.19. The third kappa shape index (κ3) is 2.45. The van der Waals surface area contributed by atoms with Gasteiger partial charge in [0, 0.05) is 13.1 Å². The molecule has 19 heavy (non-hydrogen) atoms. The van der Waals surface area contributed by atoms with Crippen LogP contribution >= 0.6 is 0 Å². The van der Waals surface area contributed by atoms with Gasteiger partial charge in [0.1, 0.15) is 5.75 Å². The molecule has 0 radical (unpaired) electrons. The fourth-order valence-corrected chi connectivity index (χ4v) is 2.79. The zero-order valence-corrected chi connectivity index (χ0v) is 11.3.